The van der Waals surface area contributed by atoms with Gasteiger partial charge in [0, 0.05) is 46.2 Å². The molecule has 0 saturated heterocycles. The Morgan fingerprint density at radius 3 is 1.77 bits per heavy atom. The number of aromatic nitrogens is 2. The van der Waals surface area contributed by atoms with Crippen LogP contribution in [0.25, 0.3) is 44.3 Å². The highest BCUT2D eigenvalue weighted by molar-refractivity contribution is 6.07. The number of amides is 2. The molecular formula is C51H44N4O6. The van der Waals surface area contributed by atoms with Crippen molar-refractivity contribution in [2.45, 2.75) is 52.7 Å². The van der Waals surface area contributed by atoms with Crippen LogP contribution in [0.3, 0.4) is 0 Å². The third kappa shape index (κ3) is 8.20. The van der Waals surface area contributed by atoms with Crippen LogP contribution in [0.2, 0.25) is 0 Å². The van der Waals surface area contributed by atoms with E-state index in [0.29, 0.717) is 54.4 Å². The molecule has 0 aliphatic carbocycles. The number of carbonyl (C=O) groups is 3. The summed E-state index contributed by atoms with van der Waals surface area (Å²) in [7, 11) is 0. The predicted octanol–water partition coefficient (Wildman–Crippen LogP) is 10.6. The molecule has 304 valence electrons. The van der Waals surface area contributed by atoms with E-state index in [2.05, 4.69) is 21.7 Å². The van der Waals surface area contributed by atoms with E-state index in [-0.39, 0.29) is 11.8 Å². The lowest BCUT2D eigenvalue weighted by Gasteiger charge is -2.21. The van der Waals surface area contributed by atoms with E-state index >= 15 is 0 Å². The topological polar surface area (TPSA) is 124 Å². The number of nitrogens with one attached hydrogen (secondary N) is 3. The zero-order valence-corrected chi connectivity index (χ0v) is 34.1. The van der Waals surface area contributed by atoms with Gasteiger partial charge in [-0.2, -0.15) is 0 Å². The lowest BCUT2D eigenvalue weighted by molar-refractivity contribution is 0.0546. The first-order chi connectivity index (χ1) is 29.6. The van der Waals surface area contributed by atoms with Crippen LogP contribution in [0, 0.1) is 0 Å². The van der Waals surface area contributed by atoms with Crippen molar-refractivity contribution >= 4 is 39.7 Å². The molecule has 2 aromatic heterocycles. The molecule has 0 spiro atoms. The van der Waals surface area contributed by atoms with Gasteiger partial charge in [-0.25, -0.2) is 9.36 Å². The van der Waals surface area contributed by atoms with Gasteiger partial charge in [-0.05, 0) is 91.6 Å². The van der Waals surface area contributed by atoms with Crippen molar-refractivity contribution in [2.24, 2.45) is 0 Å². The third-order valence-electron chi connectivity index (χ3n) is 10.6. The van der Waals surface area contributed by atoms with Gasteiger partial charge in [-0.15, -0.1) is 0 Å². The molecule has 4 heterocycles. The Hall–Kier alpha value is -7.59. The molecule has 0 saturated carbocycles. The highest BCUT2D eigenvalue weighted by Gasteiger charge is 2.29. The first-order valence-electron chi connectivity index (χ1n) is 20.2. The summed E-state index contributed by atoms with van der Waals surface area (Å²) >= 11 is 0. The number of rotatable bonds is 8. The number of H-pyrrole nitrogens is 1. The van der Waals surface area contributed by atoms with Gasteiger partial charge in [0.05, 0.1) is 22.3 Å². The van der Waals surface area contributed by atoms with Crippen molar-refractivity contribution < 1.29 is 28.6 Å². The van der Waals surface area contributed by atoms with E-state index in [4.69, 9.17) is 14.2 Å². The SMILES string of the molecule is CC(C)(C)OC(=O)n1c(-c2cccc3c2C(=O)NC3)cc2cc(OCc3ccccc3)ccc21.O=C1NCc2cccc(-c3cc4cc(OCc5ccccc5)ccc4[nH]3)c21. The van der Waals surface area contributed by atoms with E-state index in [0.717, 1.165) is 61.1 Å². The maximum atomic E-state index is 13.3. The highest BCUT2D eigenvalue weighted by Crippen LogP contribution is 2.36. The van der Waals surface area contributed by atoms with Crippen LogP contribution in [0.5, 0.6) is 11.5 Å². The molecular weight excluding hydrogens is 765 g/mol. The molecule has 8 aromatic rings. The van der Waals surface area contributed by atoms with Crippen molar-refractivity contribution in [3.63, 3.8) is 0 Å². The zero-order chi connectivity index (χ0) is 42.1. The standard InChI is InChI=1S/C28H26N2O4.C23H18N2O2/c1-28(2,3)34-27(32)30-23-13-12-21(33-17-18-8-5-4-6-9-18)14-20(23)15-24(30)22-11-7-10-19-16-29-26(31)25(19)22;26-23-22-16(13-24-23)7-4-8-19(22)21-12-17-11-18(9-10-20(17)25-21)27-14-15-5-2-1-3-6-15/h4-15H,16-17H2,1-3H3,(H,29,31);1-12,25H,13-14H2,(H,24,26). The van der Waals surface area contributed by atoms with Gasteiger partial charge >= 0.3 is 6.09 Å². The van der Waals surface area contributed by atoms with Crippen molar-refractivity contribution in [1.29, 1.82) is 0 Å². The first kappa shape index (κ1) is 38.9. The van der Waals surface area contributed by atoms with Crippen molar-refractivity contribution in [1.82, 2.24) is 20.2 Å². The van der Waals surface area contributed by atoms with E-state index < -0.39 is 11.7 Å². The molecule has 3 N–H and O–H groups in total. The number of benzene rings is 6. The van der Waals surface area contributed by atoms with Crippen LogP contribution >= 0.6 is 0 Å². The zero-order valence-electron chi connectivity index (χ0n) is 34.1. The Morgan fingerprint density at radius 1 is 0.607 bits per heavy atom. The summed E-state index contributed by atoms with van der Waals surface area (Å²) in [6, 6.07) is 47.3. The minimum Gasteiger partial charge on any atom is -0.489 e. The molecule has 61 heavy (non-hydrogen) atoms. The molecule has 10 rings (SSSR count). The predicted molar refractivity (Wildman–Crippen MR) is 237 cm³/mol. The average Bonchev–Trinajstić information content (AvgIpc) is 4.06. The molecule has 10 heteroatoms. The normalized spacial score (nSPS) is 12.9. The molecule has 10 nitrogen and oxygen atoms in total. The first-order valence-corrected chi connectivity index (χ1v) is 20.2. The van der Waals surface area contributed by atoms with Gasteiger partial charge in [0.1, 0.15) is 30.3 Å². The third-order valence-corrected chi connectivity index (χ3v) is 10.6. The van der Waals surface area contributed by atoms with Gasteiger partial charge < -0.3 is 29.8 Å². The summed E-state index contributed by atoms with van der Waals surface area (Å²) in [5.41, 5.74) is 9.75. The van der Waals surface area contributed by atoms with Crippen molar-refractivity contribution in [3.05, 3.63) is 179 Å². The number of aromatic amines is 1. The van der Waals surface area contributed by atoms with Crippen LogP contribution < -0.4 is 20.1 Å². The summed E-state index contributed by atoms with van der Waals surface area (Å²) in [4.78, 5) is 41.5. The molecule has 0 radical (unpaired) electrons. The molecule has 0 atom stereocenters. The van der Waals surface area contributed by atoms with Crippen LogP contribution in [-0.2, 0) is 31.0 Å². The van der Waals surface area contributed by atoms with E-state index in [1.807, 2.05) is 160 Å². The fourth-order valence-electron chi connectivity index (χ4n) is 7.81. The quantitative estimate of drug-likeness (QED) is 0.140. The minimum atomic E-state index is -0.667. The van der Waals surface area contributed by atoms with E-state index in [1.54, 1.807) is 4.57 Å². The highest BCUT2D eigenvalue weighted by atomic mass is 16.6. The van der Waals surface area contributed by atoms with E-state index in [9.17, 15) is 14.4 Å². The van der Waals surface area contributed by atoms with Crippen LogP contribution in [0.4, 0.5) is 4.79 Å². The molecule has 6 aromatic carbocycles. The Kier molecular flexibility index (Phi) is 10.3. The second kappa shape index (κ2) is 16.2. The van der Waals surface area contributed by atoms with Gasteiger partial charge in [-0.3, -0.25) is 9.59 Å². The smallest absolute Gasteiger partial charge is 0.419 e. The summed E-state index contributed by atoms with van der Waals surface area (Å²) in [6.45, 7) is 7.55. The van der Waals surface area contributed by atoms with Gasteiger partial charge in [0.25, 0.3) is 11.8 Å². The lowest BCUT2D eigenvalue weighted by Crippen LogP contribution is -2.27. The molecule has 0 bridgehead atoms. The molecule has 2 aliphatic heterocycles. The maximum absolute atomic E-state index is 13.3. The lowest BCUT2D eigenvalue weighted by atomic mass is 10.0. The van der Waals surface area contributed by atoms with Gasteiger partial charge in [-0.1, -0.05) is 97.1 Å². The fraction of sp³-hybridized carbons (Fsp3) is 0.157. The molecule has 2 aliphatic rings. The number of ether oxygens (including phenoxy) is 3. The van der Waals surface area contributed by atoms with Gasteiger partial charge in [0.2, 0.25) is 0 Å². The van der Waals surface area contributed by atoms with E-state index in [1.165, 1.54) is 0 Å². The van der Waals surface area contributed by atoms with Crippen LogP contribution in [0.15, 0.2) is 146 Å². The number of hydrogen-bond acceptors (Lipinski definition) is 6. The summed E-state index contributed by atoms with van der Waals surface area (Å²) in [5, 5.41) is 7.65. The number of nitrogens with zero attached hydrogens (tertiary/aromatic N) is 1. The second-order valence-corrected chi connectivity index (χ2v) is 16.1. The fourth-order valence-corrected chi connectivity index (χ4v) is 7.81. The Labute approximate surface area is 353 Å². The molecule has 0 unspecified atom stereocenters. The summed E-state index contributed by atoms with van der Waals surface area (Å²) < 4.78 is 19.2. The number of hydrogen-bond donors (Lipinski definition) is 3. The van der Waals surface area contributed by atoms with Crippen molar-refractivity contribution in [2.75, 3.05) is 0 Å². The monoisotopic (exact) mass is 808 g/mol. The number of carbonyl (C=O) groups excluding carboxylic acids is 3. The Bertz CT molecular complexity index is 2940. The summed E-state index contributed by atoms with van der Waals surface area (Å²) in [6.07, 6.45) is -0.494. The maximum Gasteiger partial charge on any atom is 0.419 e. The van der Waals surface area contributed by atoms with Crippen LogP contribution in [0.1, 0.15) is 63.7 Å². The Balaban J connectivity index is 0.000000160. The van der Waals surface area contributed by atoms with Crippen molar-refractivity contribution in [3.8, 4) is 34.0 Å². The van der Waals surface area contributed by atoms with Crippen LogP contribution in [-0.4, -0.2) is 33.1 Å². The Morgan fingerprint density at radius 2 is 1.16 bits per heavy atom. The molecule has 2 amide bonds. The average molecular weight is 809 g/mol. The number of fused-ring (bicyclic) bond motifs is 4. The summed E-state index contributed by atoms with van der Waals surface area (Å²) in [5.74, 6) is 1.37. The largest absolute Gasteiger partial charge is 0.489 e. The van der Waals surface area contributed by atoms with Gasteiger partial charge in [0.15, 0.2) is 0 Å². The second-order valence-electron chi connectivity index (χ2n) is 16.1. The molecule has 0 fully saturated rings. The minimum absolute atomic E-state index is 0.00820.